The summed E-state index contributed by atoms with van der Waals surface area (Å²) in [5.74, 6) is 3.29. The van der Waals surface area contributed by atoms with E-state index >= 15 is 0 Å². The van der Waals surface area contributed by atoms with Crippen LogP contribution in [0, 0.1) is 11.8 Å². The van der Waals surface area contributed by atoms with Gasteiger partial charge in [0.2, 0.25) is 0 Å². The highest BCUT2D eigenvalue weighted by Crippen LogP contribution is 2.46. The summed E-state index contributed by atoms with van der Waals surface area (Å²) in [6.07, 6.45) is 6.29. The number of benzene rings is 1. The van der Waals surface area contributed by atoms with E-state index in [0.717, 1.165) is 25.5 Å². The Kier molecular flexibility index (Phi) is 3.79. The van der Waals surface area contributed by atoms with Gasteiger partial charge in [0, 0.05) is 6.42 Å². The zero-order valence-corrected chi connectivity index (χ0v) is 11.9. The summed E-state index contributed by atoms with van der Waals surface area (Å²) in [5.41, 5.74) is 8.85. The van der Waals surface area contributed by atoms with Crippen LogP contribution in [0.1, 0.15) is 49.7 Å². The van der Waals surface area contributed by atoms with E-state index in [9.17, 15) is 0 Å². The second-order valence-corrected chi connectivity index (χ2v) is 6.12. The normalized spacial score (nSPS) is 29.9. The molecule has 104 valence electrons. The molecule has 3 rings (SSSR count). The van der Waals surface area contributed by atoms with Crippen molar-refractivity contribution >= 4 is 0 Å². The molecular formula is C17H25NO. The average Bonchev–Trinajstić information content (AvgIpc) is 2.94. The lowest BCUT2D eigenvalue weighted by molar-refractivity contribution is 0.231. The monoisotopic (exact) mass is 259 g/mol. The van der Waals surface area contributed by atoms with E-state index in [-0.39, 0.29) is 0 Å². The molecule has 0 amide bonds. The van der Waals surface area contributed by atoms with Gasteiger partial charge in [0.1, 0.15) is 5.75 Å². The zero-order valence-electron chi connectivity index (χ0n) is 11.9. The summed E-state index contributed by atoms with van der Waals surface area (Å²) in [6, 6.07) is 6.69. The van der Waals surface area contributed by atoms with E-state index in [1.807, 2.05) is 0 Å². The van der Waals surface area contributed by atoms with Gasteiger partial charge >= 0.3 is 0 Å². The van der Waals surface area contributed by atoms with E-state index in [0.29, 0.717) is 11.8 Å². The number of hydrogen-bond donors (Lipinski definition) is 1. The number of fused-ring (bicyclic) bond motifs is 1. The number of para-hydroxylation sites is 1. The number of nitrogens with two attached hydrogens (primary N) is 1. The van der Waals surface area contributed by atoms with Crippen molar-refractivity contribution in [3.8, 4) is 5.75 Å². The van der Waals surface area contributed by atoms with Crippen LogP contribution < -0.4 is 10.5 Å². The molecule has 1 saturated carbocycles. The summed E-state index contributed by atoms with van der Waals surface area (Å²) < 4.78 is 5.90. The number of rotatable bonds is 3. The Labute approximate surface area is 116 Å². The number of ether oxygens (including phenoxy) is 1. The molecule has 3 unspecified atom stereocenters. The third-order valence-corrected chi connectivity index (χ3v) is 5.13. The molecule has 2 nitrogen and oxygen atoms in total. The van der Waals surface area contributed by atoms with Gasteiger partial charge in [0.25, 0.3) is 0 Å². The van der Waals surface area contributed by atoms with Crippen LogP contribution in [0.2, 0.25) is 0 Å². The van der Waals surface area contributed by atoms with E-state index in [1.54, 1.807) is 0 Å². The molecule has 1 aliphatic carbocycles. The minimum atomic E-state index is 0.608. The molecule has 1 heterocycles. The van der Waals surface area contributed by atoms with Gasteiger partial charge in [-0.3, -0.25) is 0 Å². The summed E-state index contributed by atoms with van der Waals surface area (Å²) in [7, 11) is 0. The molecule has 2 aliphatic rings. The zero-order chi connectivity index (χ0) is 13.2. The molecule has 1 aromatic rings. The Morgan fingerprint density at radius 2 is 2.21 bits per heavy atom. The van der Waals surface area contributed by atoms with Crippen LogP contribution in [0.5, 0.6) is 5.75 Å². The lowest BCUT2D eigenvalue weighted by atomic mass is 9.70. The van der Waals surface area contributed by atoms with Gasteiger partial charge in [0.05, 0.1) is 6.61 Å². The minimum Gasteiger partial charge on any atom is -0.493 e. The van der Waals surface area contributed by atoms with Crippen LogP contribution in [0.4, 0.5) is 0 Å². The van der Waals surface area contributed by atoms with Crippen molar-refractivity contribution in [2.45, 2.75) is 44.9 Å². The molecule has 3 atom stereocenters. The van der Waals surface area contributed by atoms with Gasteiger partial charge in [-0.05, 0) is 48.3 Å². The molecule has 0 bridgehead atoms. The van der Waals surface area contributed by atoms with Gasteiger partial charge in [-0.2, -0.15) is 0 Å². The molecule has 19 heavy (non-hydrogen) atoms. The molecule has 1 aromatic carbocycles. The summed E-state index contributed by atoms with van der Waals surface area (Å²) in [5, 5.41) is 0. The van der Waals surface area contributed by atoms with Gasteiger partial charge in [-0.25, -0.2) is 0 Å². The van der Waals surface area contributed by atoms with E-state index in [4.69, 9.17) is 10.5 Å². The van der Waals surface area contributed by atoms with Crippen LogP contribution in [-0.4, -0.2) is 13.2 Å². The molecule has 0 aromatic heterocycles. The standard InChI is InChI=1S/C17H25NO/c1-2-12-6-7-14(11-18)16(10-12)15-5-3-4-13-8-9-19-17(13)15/h3-5,12,14,16H,2,6-11,18H2,1H3. The molecule has 2 N–H and O–H groups in total. The molecule has 0 saturated heterocycles. The predicted molar refractivity (Wildman–Crippen MR) is 78.6 cm³/mol. The second-order valence-electron chi connectivity index (χ2n) is 6.12. The van der Waals surface area contributed by atoms with Gasteiger partial charge in [0.15, 0.2) is 0 Å². The average molecular weight is 259 g/mol. The van der Waals surface area contributed by atoms with Crippen LogP contribution in [0.25, 0.3) is 0 Å². The Morgan fingerprint density at radius 1 is 1.32 bits per heavy atom. The maximum Gasteiger partial charge on any atom is 0.126 e. The van der Waals surface area contributed by atoms with Crippen LogP contribution >= 0.6 is 0 Å². The Hall–Kier alpha value is -1.02. The quantitative estimate of drug-likeness (QED) is 0.902. The lowest BCUT2D eigenvalue weighted by Crippen LogP contribution is -2.29. The first-order chi connectivity index (χ1) is 9.33. The molecule has 0 spiro atoms. The van der Waals surface area contributed by atoms with E-state index in [1.165, 1.54) is 42.6 Å². The Balaban J connectivity index is 1.92. The third kappa shape index (κ3) is 2.38. The molecule has 1 aliphatic heterocycles. The largest absolute Gasteiger partial charge is 0.493 e. The van der Waals surface area contributed by atoms with Crippen molar-refractivity contribution in [3.05, 3.63) is 29.3 Å². The maximum atomic E-state index is 6.02. The predicted octanol–water partition coefficient (Wildman–Crippen LogP) is 3.49. The summed E-state index contributed by atoms with van der Waals surface area (Å²) in [4.78, 5) is 0. The maximum absolute atomic E-state index is 6.02. The van der Waals surface area contributed by atoms with Crippen LogP contribution in [0.15, 0.2) is 18.2 Å². The molecule has 1 fully saturated rings. The Bertz CT molecular complexity index is 443. The van der Waals surface area contributed by atoms with Crippen molar-refractivity contribution < 1.29 is 4.74 Å². The smallest absolute Gasteiger partial charge is 0.126 e. The first-order valence-corrected chi connectivity index (χ1v) is 7.78. The highest BCUT2D eigenvalue weighted by atomic mass is 16.5. The molecule has 0 radical (unpaired) electrons. The van der Waals surface area contributed by atoms with Crippen molar-refractivity contribution in [2.75, 3.05) is 13.2 Å². The first kappa shape index (κ1) is 13.0. The highest BCUT2D eigenvalue weighted by molar-refractivity contribution is 5.46. The van der Waals surface area contributed by atoms with Gasteiger partial charge in [-0.1, -0.05) is 38.0 Å². The van der Waals surface area contributed by atoms with Crippen LogP contribution in [0.3, 0.4) is 0 Å². The SMILES string of the molecule is CCC1CCC(CN)C(c2cccc3c2OCC3)C1. The van der Waals surface area contributed by atoms with Crippen LogP contribution in [-0.2, 0) is 6.42 Å². The summed E-state index contributed by atoms with van der Waals surface area (Å²) in [6.45, 7) is 3.98. The van der Waals surface area contributed by atoms with E-state index in [2.05, 4.69) is 25.1 Å². The molecular weight excluding hydrogens is 234 g/mol. The van der Waals surface area contributed by atoms with Crippen molar-refractivity contribution in [1.82, 2.24) is 0 Å². The fraction of sp³-hybridized carbons (Fsp3) is 0.647. The molecule has 2 heteroatoms. The fourth-order valence-corrected chi connectivity index (χ4v) is 3.89. The minimum absolute atomic E-state index is 0.608. The Morgan fingerprint density at radius 3 is 3.00 bits per heavy atom. The summed E-state index contributed by atoms with van der Waals surface area (Å²) >= 11 is 0. The highest BCUT2D eigenvalue weighted by Gasteiger charge is 2.33. The van der Waals surface area contributed by atoms with Crippen molar-refractivity contribution in [3.63, 3.8) is 0 Å². The van der Waals surface area contributed by atoms with E-state index < -0.39 is 0 Å². The van der Waals surface area contributed by atoms with Crippen molar-refractivity contribution in [2.24, 2.45) is 17.6 Å². The fourth-order valence-electron chi connectivity index (χ4n) is 3.89. The van der Waals surface area contributed by atoms with Gasteiger partial charge < -0.3 is 10.5 Å². The first-order valence-electron chi connectivity index (χ1n) is 7.78. The second kappa shape index (κ2) is 5.54. The third-order valence-electron chi connectivity index (χ3n) is 5.13. The number of hydrogen-bond acceptors (Lipinski definition) is 2. The lowest BCUT2D eigenvalue weighted by Gasteiger charge is -2.36. The topological polar surface area (TPSA) is 35.2 Å². The van der Waals surface area contributed by atoms with Gasteiger partial charge in [-0.15, -0.1) is 0 Å². The van der Waals surface area contributed by atoms with Crippen molar-refractivity contribution in [1.29, 1.82) is 0 Å².